The number of nitrogens with zero attached hydrogens (tertiary/aromatic N) is 2. The van der Waals surface area contributed by atoms with Gasteiger partial charge in [-0.3, -0.25) is 13.9 Å². The molecular weight excluding hydrogens is 550 g/mol. The molecule has 2 amide bonds. The van der Waals surface area contributed by atoms with Gasteiger partial charge in [0.05, 0.1) is 17.7 Å². The van der Waals surface area contributed by atoms with Gasteiger partial charge in [-0.15, -0.1) is 0 Å². The lowest BCUT2D eigenvalue weighted by atomic mass is 10.1. The van der Waals surface area contributed by atoms with Gasteiger partial charge < -0.3 is 15.0 Å². The zero-order valence-corrected chi connectivity index (χ0v) is 25.7. The predicted octanol–water partition coefficient (Wildman–Crippen LogP) is 5.37. The summed E-state index contributed by atoms with van der Waals surface area (Å²) in [6.45, 7) is 5.41. The first kappa shape index (κ1) is 31.1. The van der Waals surface area contributed by atoms with Gasteiger partial charge in [-0.25, -0.2) is 8.42 Å². The third-order valence-electron chi connectivity index (χ3n) is 7.92. The number of benzene rings is 3. The minimum Gasteiger partial charge on any atom is -0.497 e. The number of hydrogen-bond donors (Lipinski definition) is 1. The van der Waals surface area contributed by atoms with Crippen molar-refractivity contribution < 1.29 is 22.7 Å². The topological polar surface area (TPSA) is 96.0 Å². The molecule has 3 aromatic carbocycles. The van der Waals surface area contributed by atoms with Crippen molar-refractivity contribution in [2.45, 2.75) is 76.4 Å². The van der Waals surface area contributed by atoms with Crippen molar-refractivity contribution in [2.24, 2.45) is 0 Å². The summed E-state index contributed by atoms with van der Waals surface area (Å²) in [6, 6.07) is 20.2. The van der Waals surface area contributed by atoms with E-state index >= 15 is 0 Å². The summed E-state index contributed by atoms with van der Waals surface area (Å²) in [6.07, 6.45) is 4.37. The van der Waals surface area contributed by atoms with Crippen LogP contribution in [-0.2, 0) is 26.2 Å². The van der Waals surface area contributed by atoms with Crippen LogP contribution in [0.1, 0.15) is 55.7 Å². The first-order valence-corrected chi connectivity index (χ1v) is 16.0. The lowest BCUT2D eigenvalue weighted by Crippen LogP contribution is -2.53. The Hall–Kier alpha value is -3.85. The fourth-order valence-electron chi connectivity index (χ4n) is 5.39. The Kier molecular flexibility index (Phi) is 10.3. The molecule has 42 heavy (non-hydrogen) atoms. The highest BCUT2D eigenvalue weighted by molar-refractivity contribution is 7.92. The third-order valence-corrected chi connectivity index (χ3v) is 9.71. The zero-order valence-electron chi connectivity index (χ0n) is 24.9. The molecule has 1 saturated carbocycles. The van der Waals surface area contributed by atoms with Gasteiger partial charge in [0.1, 0.15) is 18.3 Å². The summed E-state index contributed by atoms with van der Waals surface area (Å²) in [5.41, 5.74) is 3.09. The summed E-state index contributed by atoms with van der Waals surface area (Å²) in [4.78, 5) is 29.5. The number of aryl methyl sites for hydroxylation is 2. The van der Waals surface area contributed by atoms with Gasteiger partial charge in [-0.1, -0.05) is 67.8 Å². The summed E-state index contributed by atoms with van der Waals surface area (Å²) >= 11 is 0. The summed E-state index contributed by atoms with van der Waals surface area (Å²) in [5.74, 6) is -0.214. The maximum absolute atomic E-state index is 14.3. The first-order valence-electron chi connectivity index (χ1n) is 14.5. The maximum Gasteiger partial charge on any atom is 0.264 e. The van der Waals surface area contributed by atoms with Crippen LogP contribution in [0.4, 0.5) is 5.69 Å². The molecule has 0 aliphatic heterocycles. The van der Waals surface area contributed by atoms with E-state index in [1.165, 1.54) is 24.1 Å². The van der Waals surface area contributed by atoms with Crippen LogP contribution in [0.15, 0.2) is 77.7 Å². The smallest absolute Gasteiger partial charge is 0.264 e. The number of carbonyl (C=O) groups is 2. The number of methoxy groups -OCH3 is 1. The normalized spacial score (nSPS) is 14.3. The van der Waals surface area contributed by atoms with Crippen LogP contribution in [0.3, 0.4) is 0 Å². The van der Waals surface area contributed by atoms with Crippen LogP contribution in [-0.4, -0.2) is 50.9 Å². The molecule has 0 saturated heterocycles. The Bertz CT molecular complexity index is 1480. The van der Waals surface area contributed by atoms with Crippen molar-refractivity contribution in [2.75, 3.05) is 18.0 Å². The largest absolute Gasteiger partial charge is 0.497 e. The van der Waals surface area contributed by atoms with Crippen molar-refractivity contribution in [3.05, 3.63) is 89.5 Å². The Morgan fingerprint density at radius 2 is 1.67 bits per heavy atom. The van der Waals surface area contributed by atoms with E-state index < -0.39 is 28.5 Å². The molecule has 1 N–H and O–H groups in total. The van der Waals surface area contributed by atoms with Crippen LogP contribution < -0.4 is 14.4 Å². The van der Waals surface area contributed by atoms with E-state index in [-0.39, 0.29) is 23.4 Å². The van der Waals surface area contributed by atoms with Gasteiger partial charge in [0.2, 0.25) is 11.8 Å². The lowest BCUT2D eigenvalue weighted by molar-refractivity contribution is -0.140. The Morgan fingerprint density at radius 3 is 2.31 bits per heavy atom. The van der Waals surface area contributed by atoms with E-state index in [9.17, 15) is 18.0 Å². The van der Waals surface area contributed by atoms with Gasteiger partial charge in [0.15, 0.2) is 0 Å². The fourth-order valence-corrected chi connectivity index (χ4v) is 6.80. The summed E-state index contributed by atoms with van der Waals surface area (Å²) < 4.78 is 34.6. The van der Waals surface area contributed by atoms with Gasteiger partial charge in [0, 0.05) is 18.7 Å². The SMILES string of the molecule is CCC(C(=O)NC1CCCC1)N(Cc1ccccc1C)C(=O)CN(c1cccc(OC)c1)S(=O)(=O)c1ccc(C)cc1. The van der Waals surface area contributed by atoms with Crippen LogP contribution in [0.5, 0.6) is 5.75 Å². The second-order valence-electron chi connectivity index (χ2n) is 10.9. The number of rotatable bonds is 12. The van der Waals surface area contributed by atoms with Crippen LogP contribution in [0.2, 0.25) is 0 Å². The molecule has 4 rings (SSSR count). The first-order chi connectivity index (χ1) is 20.1. The van der Waals surface area contributed by atoms with Crippen LogP contribution in [0.25, 0.3) is 0 Å². The Balaban J connectivity index is 1.74. The van der Waals surface area contributed by atoms with E-state index in [2.05, 4.69) is 5.32 Å². The number of carbonyl (C=O) groups excluding carboxylic acids is 2. The molecule has 224 valence electrons. The molecule has 8 nitrogen and oxygen atoms in total. The molecule has 1 aliphatic rings. The van der Waals surface area contributed by atoms with Crippen molar-refractivity contribution in [3.8, 4) is 5.75 Å². The zero-order chi connectivity index (χ0) is 30.3. The number of hydrogen-bond acceptors (Lipinski definition) is 5. The van der Waals surface area contributed by atoms with Crippen LogP contribution in [0, 0.1) is 13.8 Å². The Morgan fingerprint density at radius 1 is 0.976 bits per heavy atom. The minimum atomic E-state index is -4.15. The predicted molar refractivity (Wildman–Crippen MR) is 165 cm³/mol. The molecule has 1 aliphatic carbocycles. The molecule has 0 heterocycles. The average Bonchev–Trinajstić information content (AvgIpc) is 3.49. The third kappa shape index (κ3) is 7.31. The summed E-state index contributed by atoms with van der Waals surface area (Å²) in [7, 11) is -2.65. The monoisotopic (exact) mass is 591 g/mol. The highest BCUT2D eigenvalue weighted by Gasteiger charge is 2.34. The van der Waals surface area contributed by atoms with E-state index in [1.54, 1.807) is 36.4 Å². The van der Waals surface area contributed by atoms with Crippen LogP contribution >= 0.6 is 0 Å². The second-order valence-corrected chi connectivity index (χ2v) is 12.8. The average molecular weight is 592 g/mol. The molecule has 1 unspecified atom stereocenters. The minimum absolute atomic E-state index is 0.0696. The lowest BCUT2D eigenvalue weighted by Gasteiger charge is -2.34. The van der Waals surface area contributed by atoms with E-state index in [0.717, 1.165) is 46.7 Å². The number of sulfonamides is 1. The van der Waals surface area contributed by atoms with Gasteiger partial charge in [0.25, 0.3) is 10.0 Å². The summed E-state index contributed by atoms with van der Waals surface area (Å²) in [5, 5.41) is 3.15. The van der Waals surface area contributed by atoms with Crippen molar-refractivity contribution in [1.82, 2.24) is 10.2 Å². The molecule has 0 aromatic heterocycles. The molecule has 0 bridgehead atoms. The quantitative estimate of drug-likeness (QED) is 0.305. The molecule has 0 radical (unpaired) electrons. The number of ether oxygens (including phenoxy) is 1. The molecule has 9 heteroatoms. The van der Waals surface area contributed by atoms with E-state index in [4.69, 9.17) is 4.74 Å². The van der Waals surface area contributed by atoms with E-state index in [1.807, 2.05) is 45.0 Å². The fraction of sp³-hybridized carbons (Fsp3) is 0.394. The standard InChI is InChI=1S/C33H41N3O5S/c1-5-31(33(38)34-27-13-8-9-14-27)35(22-26-12-7-6-11-25(26)3)32(37)23-36(28-15-10-16-29(21-28)41-4)42(39,40)30-19-17-24(2)18-20-30/h6-7,10-12,15-21,27,31H,5,8-9,13-14,22-23H2,1-4H3,(H,34,38). The van der Waals surface area contributed by atoms with Gasteiger partial charge in [-0.05, 0) is 68.5 Å². The highest BCUT2D eigenvalue weighted by Crippen LogP contribution is 2.28. The number of amides is 2. The van der Waals surface area contributed by atoms with Crippen molar-refractivity contribution >= 4 is 27.5 Å². The molecule has 0 spiro atoms. The number of anilines is 1. The molecule has 1 fully saturated rings. The molecule has 1 atom stereocenters. The van der Waals surface area contributed by atoms with E-state index in [0.29, 0.717) is 17.9 Å². The van der Waals surface area contributed by atoms with Gasteiger partial charge >= 0.3 is 0 Å². The molecule has 3 aromatic rings. The number of nitrogens with one attached hydrogen (secondary N) is 1. The Labute approximate surface area is 249 Å². The van der Waals surface area contributed by atoms with Crippen molar-refractivity contribution in [3.63, 3.8) is 0 Å². The second kappa shape index (κ2) is 13.9. The highest BCUT2D eigenvalue weighted by atomic mass is 32.2. The van der Waals surface area contributed by atoms with Gasteiger partial charge in [-0.2, -0.15) is 0 Å². The maximum atomic E-state index is 14.3. The molecular formula is C33H41N3O5S. The van der Waals surface area contributed by atoms with Crippen molar-refractivity contribution in [1.29, 1.82) is 0 Å².